The van der Waals surface area contributed by atoms with Crippen LogP contribution in [0.15, 0.2) is 28.1 Å². The summed E-state index contributed by atoms with van der Waals surface area (Å²) in [7, 11) is 0. The van der Waals surface area contributed by atoms with Gasteiger partial charge in [-0.15, -0.1) is 45.0 Å². The van der Waals surface area contributed by atoms with Crippen LogP contribution in [0.5, 0.6) is 0 Å². The molecule has 7 heteroatoms. The van der Waals surface area contributed by atoms with Crippen molar-refractivity contribution >= 4 is 61.4 Å². The van der Waals surface area contributed by atoms with E-state index in [0.717, 1.165) is 32.9 Å². The van der Waals surface area contributed by atoms with Crippen molar-refractivity contribution in [3.05, 3.63) is 45.2 Å². The quantitative estimate of drug-likeness (QED) is 0.126. The predicted octanol–water partition coefficient (Wildman–Crippen LogP) is 11.5. The van der Waals surface area contributed by atoms with Crippen molar-refractivity contribution in [3.8, 4) is 20.2 Å². The zero-order chi connectivity index (χ0) is 26.0. The molecule has 0 fully saturated rings. The second kappa shape index (κ2) is 13.5. The van der Waals surface area contributed by atoms with Crippen LogP contribution < -0.4 is 0 Å². The zero-order valence-electron chi connectivity index (χ0n) is 22.9. The van der Waals surface area contributed by atoms with E-state index in [9.17, 15) is 0 Å². The minimum atomic E-state index is 0. The fourth-order valence-electron chi connectivity index (χ4n) is 6.41. The molecule has 3 aromatic heterocycles. The first-order valence-corrected chi connectivity index (χ1v) is 17.3. The van der Waals surface area contributed by atoms with E-state index in [1.165, 1.54) is 90.6 Å². The minimum Gasteiger partial charge on any atom is -0.224 e. The Kier molecular flexibility index (Phi) is 10.9. The van der Waals surface area contributed by atoms with Crippen LogP contribution in [-0.2, 0) is 26.5 Å². The summed E-state index contributed by atoms with van der Waals surface area (Å²) in [6.07, 6.45) is 13.0. The Morgan fingerprint density at radius 3 is 2.21 bits per heavy atom. The smallest absolute Gasteiger partial charge is 0.0572 e. The van der Waals surface area contributed by atoms with Crippen LogP contribution in [0.3, 0.4) is 0 Å². The third-order valence-electron chi connectivity index (χ3n) is 8.54. The summed E-state index contributed by atoms with van der Waals surface area (Å²) in [6.45, 7) is 9.49. The summed E-state index contributed by atoms with van der Waals surface area (Å²) in [5.74, 6) is 1.53. The Labute approximate surface area is 263 Å². The van der Waals surface area contributed by atoms with Gasteiger partial charge in [0, 0.05) is 47.3 Å². The molecule has 0 saturated carbocycles. The van der Waals surface area contributed by atoms with Gasteiger partial charge in [-0.1, -0.05) is 85.1 Å². The van der Waals surface area contributed by atoms with Gasteiger partial charge < -0.3 is 0 Å². The van der Waals surface area contributed by atoms with Gasteiger partial charge in [0.25, 0.3) is 0 Å². The Hall–Kier alpha value is -0.392. The summed E-state index contributed by atoms with van der Waals surface area (Å²) >= 11 is 8.84. The first-order chi connectivity index (χ1) is 18.1. The van der Waals surface area contributed by atoms with Crippen molar-refractivity contribution in [2.24, 2.45) is 11.8 Å². The molecule has 204 valence electrons. The molecule has 4 aromatic rings. The van der Waals surface area contributed by atoms with Crippen molar-refractivity contribution in [3.63, 3.8) is 0 Å². The van der Waals surface area contributed by atoms with E-state index < -0.39 is 0 Å². The molecule has 0 N–H and O–H groups in total. The van der Waals surface area contributed by atoms with Crippen LogP contribution in [0.2, 0.25) is 0 Å². The van der Waals surface area contributed by atoms with E-state index in [4.69, 9.17) is 0 Å². The zero-order valence-corrected chi connectivity index (χ0v) is 29.9. The topological polar surface area (TPSA) is 25.8 Å². The number of fused-ring (bicyclic) bond motifs is 4. The second-order valence-electron chi connectivity index (χ2n) is 10.8. The van der Waals surface area contributed by atoms with E-state index in [0.29, 0.717) is 0 Å². The maximum atomic E-state index is 4.68. The summed E-state index contributed by atoms with van der Waals surface area (Å²) in [4.78, 5) is 4.32. The van der Waals surface area contributed by atoms with Crippen LogP contribution in [0, 0.1) is 17.9 Å². The fraction of sp³-hybridized carbons (Fsp3) is 0.548. The average Bonchev–Trinajstić information content (AvgIpc) is 3.69. The van der Waals surface area contributed by atoms with Gasteiger partial charge >= 0.3 is 0 Å². The molecule has 1 aliphatic rings. The molecule has 0 bridgehead atoms. The van der Waals surface area contributed by atoms with Crippen LogP contribution in [0.25, 0.3) is 31.2 Å². The van der Waals surface area contributed by atoms with Gasteiger partial charge in [0.15, 0.2) is 0 Å². The van der Waals surface area contributed by atoms with Gasteiger partial charge in [0.1, 0.15) is 0 Å². The molecule has 2 unspecified atom stereocenters. The number of nitrogens with zero attached hydrogens (tertiary/aromatic N) is 2. The van der Waals surface area contributed by atoms with Crippen molar-refractivity contribution in [2.45, 2.75) is 97.3 Å². The van der Waals surface area contributed by atoms with E-state index in [2.05, 4.69) is 76.0 Å². The van der Waals surface area contributed by atoms with Gasteiger partial charge in [0.2, 0.25) is 0 Å². The van der Waals surface area contributed by atoms with Gasteiger partial charge in [-0.3, -0.25) is 0 Å². The second-order valence-corrected chi connectivity index (χ2v) is 14.2. The molecule has 0 aliphatic heterocycles. The minimum absolute atomic E-state index is 0. The van der Waals surface area contributed by atoms with Crippen molar-refractivity contribution in [1.29, 1.82) is 0 Å². The summed E-state index contributed by atoms with van der Waals surface area (Å²) < 4.78 is 10.2. The summed E-state index contributed by atoms with van der Waals surface area (Å²) in [6, 6.07) is 10.6. The van der Waals surface area contributed by atoms with Crippen LogP contribution in [0.1, 0.15) is 103 Å². The normalized spacial score (nSPS) is 17.8. The molecule has 1 aromatic carbocycles. The molecule has 1 aliphatic carbocycles. The third kappa shape index (κ3) is 5.69. The van der Waals surface area contributed by atoms with Crippen LogP contribution in [0.4, 0.5) is 0 Å². The predicted molar refractivity (Wildman–Crippen MR) is 167 cm³/mol. The number of benzene rings is 1. The van der Waals surface area contributed by atoms with Crippen LogP contribution in [-0.4, -0.2) is 8.75 Å². The molecule has 5 rings (SSSR count). The van der Waals surface area contributed by atoms with E-state index >= 15 is 0 Å². The van der Waals surface area contributed by atoms with Crippen LogP contribution >= 0.6 is 50.3 Å². The number of aromatic nitrogens is 2. The summed E-state index contributed by atoms with van der Waals surface area (Å²) in [5.41, 5.74) is 6.36. The maximum Gasteiger partial charge on any atom is 0.0572 e. The molecule has 0 amide bonds. The van der Waals surface area contributed by atoms with Crippen molar-refractivity contribution < 1.29 is 21.1 Å². The van der Waals surface area contributed by atoms with Gasteiger partial charge in [-0.2, -0.15) is 15.7 Å². The maximum absolute atomic E-state index is 4.68. The van der Waals surface area contributed by atoms with Crippen molar-refractivity contribution in [1.82, 2.24) is 8.75 Å². The Bertz CT molecular complexity index is 1320. The standard InChI is InChI=1S/C31H38BrN2S3.W/c1-5-9-11-20(7-3)18-31(19-21(8-4)12-10-6-2)23-15-16-35-29(23)30-24(31)17-26(36-30)22-13-14-25(32)28-27(22)33-37-34-28;/h14-17,20-21H,5-12,18-19H2,1-4H3;/q-1;. The number of hydrogen-bond acceptors (Lipinski definition) is 5. The molecule has 2 nitrogen and oxygen atoms in total. The van der Waals surface area contributed by atoms with E-state index in [1.54, 1.807) is 11.1 Å². The first-order valence-electron chi connectivity index (χ1n) is 14.1. The van der Waals surface area contributed by atoms with Gasteiger partial charge in [-0.05, 0) is 56.6 Å². The Balaban J connectivity index is 0.00000336. The largest absolute Gasteiger partial charge is 0.224 e. The summed E-state index contributed by atoms with van der Waals surface area (Å²) in [5, 5.41) is 2.34. The molecule has 0 saturated heterocycles. The van der Waals surface area contributed by atoms with Gasteiger partial charge in [0.05, 0.1) is 11.7 Å². The Morgan fingerprint density at radius 2 is 1.58 bits per heavy atom. The molecular weight excluding hydrogens is 760 g/mol. The monoisotopic (exact) mass is 797 g/mol. The van der Waals surface area contributed by atoms with Crippen molar-refractivity contribution in [2.75, 3.05) is 0 Å². The number of halogens is 1. The third-order valence-corrected chi connectivity index (χ3v) is 11.9. The molecule has 3 heterocycles. The molecule has 38 heavy (non-hydrogen) atoms. The number of thiophene rings is 2. The fourth-order valence-corrected chi connectivity index (χ4v) is 9.92. The van der Waals surface area contributed by atoms with E-state index in [1.807, 2.05) is 28.7 Å². The number of rotatable bonds is 13. The molecule has 0 radical (unpaired) electrons. The Morgan fingerprint density at radius 1 is 0.921 bits per heavy atom. The number of unbranched alkanes of at least 4 members (excludes halogenated alkanes) is 2. The van der Waals surface area contributed by atoms with E-state index in [-0.39, 0.29) is 26.5 Å². The molecule has 0 spiro atoms. The molecule has 2 atom stereocenters. The molecular formula is C31H38BrN2S3W-. The SMILES string of the molecule is CCCCC(CC)CC1(CC(CC)CCCC)c2ccsc2-c2sc(-c3[c-]cc(Br)c4nsnc34)cc21.[W]. The number of hydrogen-bond donors (Lipinski definition) is 0. The first kappa shape index (κ1) is 30.6. The average molecular weight is 799 g/mol. The van der Waals surface area contributed by atoms with Gasteiger partial charge in [-0.25, -0.2) is 4.37 Å².